The molecular formula is C21H26N2O4. The number of hydrazone groups is 1. The van der Waals surface area contributed by atoms with Gasteiger partial charge in [-0.05, 0) is 62.1 Å². The van der Waals surface area contributed by atoms with Crippen LogP contribution in [0, 0.1) is 11.8 Å². The Bertz CT molecular complexity index is 730. The molecule has 1 aromatic rings. The number of carboxylic acid groups (broad SMARTS) is 1. The maximum Gasteiger partial charge on any atom is 0.335 e. The number of carbonyl (C=O) groups is 2. The second-order valence-electron chi connectivity index (χ2n) is 7.81. The number of piperidine rings is 1. The Morgan fingerprint density at radius 2 is 2.00 bits per heavy atom. The van der Waals surface area contributed by atoms with Crippen molar-refractivity contribution in [2.45, 2.75) is 57.2 Å². The topological polar surface area (TPSA) is 79.2 Å². The molecule has 27 heavy (non-hydrogen) atoms. The lowest BCUT2D eigenvalue weighted by molar-refractivity contribution is -0.133. The van der Waals surface area contributed by atoms with Crippen LogP contribution in [0.5, 0.6) is 0 Å². The number of aryl methyl sites for hydroxylation is 1. The molecule has 1 N–H and O–H groups in total. The summed E-state index contributed by atoms with van der Waals surface area (Å²) in [5, 5.41) is 15.1. The van der Waals surface area contributed by atoms with Gasteiger partial charge in [-0.2, -0.15) is 5.10 Å². The zero-order chi connectivity index (χ0) is 18.8. The van der Waals surface area contributed by atoms with E-state index in [-0.39, 0.29) is 24.0 Å². The van der Waals surface area contributed by atoms with Crippen LogP contribution in [0.2, 0.25) is 0 Å². The van der Waals surface area contributed by atoms with E-state index in [4.69, 9.17) is 9.84 Å². The summed E-state index contributed by atoms with van der Waals surface area (Å²) in [6, 6.07) is 7.12. The van der Waals surface area contributed by atoms with Crippen molar-refractivity contribution in [1.29, 1.82) is 0 Å². The second kappa shape index (κ2) is 7.80. The van der Waals surface area contributed by atoms with Crippen molar-refractivity contribution in [3.63, 3.8) is 0 Å². The Kier molecular flexibility index (Phi) is 5.25. The van der Waals surface area contributed by atoms with Gasteiger partial charge in [-0.15, -0.1) is 0 Å². The average molecular weight is 370 g/mol. The highest BCUT2D eigenvalue weighted by molar-refractivity contribution is 5.87. The summed E-state index contributed by atoms with van der Waals surface area (Å²) in [4.78, 5) is 22.9. The average Bonchev–Trinajstić information content (AvgIpc) is 3.27. The molecule has 3 fully saturated rings. The number of fused-ring (bicyclic) bond motifs is 2. The summed E-state index contributed by atoms with van der Waals surface area (Å²) < 4.78 is 6.13. The van der Waals surface area contributed by atoms with E-state index in [1.807, 2.05) is 18.3 Å². The lowest BCUT2D eigenvalue weighted by Crippen LogP contribution is -2.33. The van der Waals surface area contributed by atoms with E-state index in [1.165, 1.54) is 0 Å². The summed E-state index contributed by atoms with van der Waals surface area (Å²) in [7, 11) is 0. The number of aromatic carboxylic acids is 1. The molecule has 6 nitrogen and oxygen atoms in total. The highest BCUT2D eigenvalue weighted by atomic mass is 16.5. The molecule has 0 radical (unpaired) electrons. The second-order valence-corrected chi connectivity index (χ2v) is 7.81. The predicted octanol–water partition coefficient (Wildman–Crippen LogP) is 3.11. The molecule has 1 amide bonds. The molecule has 1 aromatic carbocycles. The standard InChI is InChI=1S/C21H26N2O4/c24-20-3-1-2-12-23(20)22-13-17-16(18-10-11-19(17)27-18)9-6-14-4-7-15(8-5-14)21(25)26/h4-5,7-8,13,16-19H,1-3,6,9-12H2,(H,25,26)/b22-13+. The van der Waals surface area contributed by atoms with Crippen molar-refractivity contribution in [2.75, 3.05) is 6.54 Å². The SMILES string of the molecule is O=C(O)c1ccc(CCC2C3CCC(O3)C2/C=N/N2CCCCC2=O)cc1. The smallest absolute Gasteiger partial charge is 0.335 e. The van der Waals surface area contributed by atoms with Crippen molar-refractivity contribution >= 4 is 18.1 Å². The van der Waals surface area contributed by atoms with Crippen molar-refractivity contribution in [1.82, 2.24) is 5.01 Å². The number of nitrogens with zero attached hydrogens (tertiary/aromatic N) is 2. The van der Waals surface area contributed by atoms with Gasteiger partial charge in [0.15, 0.2) is 0 Å². The summed E-state index contributed by atoms with van der Waals surface area (Å²) in [6.07, 6.45) is 9.09. The fourth-order valence-electron chi connectivity index (χ4n) is 4.61. The first-order valence-electron chi connectivity index (χ1n) is 9.94. The monoisotopic (exact) mass is 370 g/mol. The molecule has 0 saturated carbocycles. The van der Waals surface area contributed by atoms with Gasteiger partial charge in [-0.1, -0.05) is 12.1 Å². The highest BCUT2D eigenvalue weighted by Crippen LogP contribution is 2.44. The van der Waals surface area contributed by atoms with E-state index in [9.17, 15) is 9.59 Å². The lowest BCUT2D eigenvalue weighted by Gasteiger charge is -2.27. The summed E-state index contributed by atoms with van der Waals surface area (Å²) in [5.74, 6) is -0.105. The Hall–Kier alpha value is -2.21. The van der Waals surface area contributed by atoms with Crippen molar-refractivity contribution in [3.05, 3.63) is 35.4 Å². The first-order valence-corrected chi connectivity index (χ1v) is 9.94. The Morgan fingerprint density at radius 1 is 1.22 bits per heavy atom. The summed E-state index contributed by atoms with van der Waals surface area (Å²) in [5.41, 5.74) is 1.46. The predicted molar refractivity (Wildman–Crippen MR) is 101 cm³/mol. The van der Waals surface area contributed by atoms with E-state index in [0.29, 0.717) is 17.9 Å². The highest BCUT2D eigenvalue weighted by Gasteiger charge is 2.47. The van der Waals surface area contributed by atoms with Gasteiger partial charge in [0.1, 0.15) is 0 Å². The summed E-state index contributed by atoms with van der Waals surface area (Å²) in [6.45, 7) is 0.720. The first kappa shape index (κ1) is 18.2. The van der Waals surface area contributed by atoms with Crippen molar-refractivity contribution in [3.8, 4) is 0 Å². The van der Waals surface area contributed by atoms with Gasteiger partial charge in [-0.25, -0.2) is 9.80 Å². The van der Waals surface area contributed by atoms with E-state index in [0.717, 1.165) is 50.6 Å². The van der Waals surface area contributed by atoms with Crippen LogP contribution in [0.25, 0.3) is 0 Å². The third-order valence-corrected chi connectivity index (χ3v) is 6.13. The van der Waals surface area contributed by atoms with E-state index in [1.54, 1.807) is 17.1 Å². The van der Waals surface area contributed by atoms with E-state index >= 15 is 0 Å². The number of hydrogen-bond donors (Lipinski definition) is 1. The zero-order valence-corrected chi connectivity index (χ0v) is 15.4. The van der Waals surface area contributed by atoms with Gasteiger partial charge >= 0.3 is 5.97 Å². The van der Waals surface area contributed by atoms with Gasteiger partial charge < -0.3 is 9.84 Å². The summed E-state index contributed by atoms with van der Waals surface area (Å²) >= 11 is 0. The largest absolute Gasteiger partial charge is 0.478 e. The maximum absolute atomic E-state index is 12.0. The molecule has 3 saturated heterocycles. The fourth-order valence-corrected chi connectivity index (χ4v) is 4.61. The molecule has 6 heteroatoms. The Morgan fingerprint density at radius 3 is 2.74 bits per heavy atom. The minimum Gasteiger partial charge on any atom is -0.478 e. The molecule has 144 valence electrons. The minimum absolute atomic E-state index is 0.122. The molecule has 4 rings (SSSR count). The van der Waals surface area contributed by atoms with Crippen LogP contribution >= 0.6 is 0 Å². The molecule has 3 heterocycles. The van der Waals surface area contributed by atoms with Crippen LogP contribution in [0.3, 0.4) is 0 Å². The third-order valence-electron chi connectivity index (χ3n) is 6.13. The lowest BCUT2D eigenvalue weighted by atomic mass is 9.77. The van der Waals surface area contributed by atoms with Gasteiger partial charge in [0.25, 0.3) is 0 Å². The van der Waals surface area contributed by atoms with Crippen LogP contribution in [-0.2, 0) is 16.0 Å². The van der Waals surface area contributed by atoms with Crippen LogP contribution in [0.15, 0.2) is 29.4 Å². The molecule has 0 aliphatic carbocycles. The Balaban J connectivity index is 1.39. The normalized spacial score (nSPS) is 30.4. The van der Waals surface area contributed by atoms with Crippen molar-refractivity contribution in [2.24, 2.45) is 16.9 Å². The zero-order valence-electron chi connectivity index (χ0n) is 15.4. The number of carboxylic acids is 1. The number of rotatable bonds is 6. The number of benzene rings is 1. The van der Waals surface area contributed by atoms with Crippen molar-refractivity contribution < 1.29 is 19.4 Å². The Labute approximate surface area is 159 Å². The van der Waals surface area contributed by atoms with Gasteiger partial charge in [0.05, 0.1) is 17.8 Å². The molecular weight excluding hydrogens is 344 g/mol. The van der Waals surface area contributed by atoms with E-state index in [2.05, 4.69) is 5.10 Å². The van der Waals surface area contributed by atoms with Gasteiger partial charge in [0.2, 0.25) is 5.91 Å². The van der Waals surface area contributed by atoms with E-state index < -0.39 is 5.97 Å². The molecule has 0 aromatic heterocycles. The minimum atomic E-state index is -0.897. The van der Waals surface area contributed by atoms with Crippen LogP contribution in [0.1, 0.15) is 54.4 Å². The molecule has 3 aliphatic rings. The van der Waals surface area contributed by atoms with Gasteiger partial charge in [-0.3, -0.25) is 4.79 Å². The van der Waals surface area contributed by atoms with Crippen LogP contribution < -0.4 is 0 Å². The number of carbonyl (C=O) groups excluding carboxylic acids is 1. The maximum atomic E-state index is 12.0. The van der Waals surface area contributed by atoms with Gasteiger partial charge in [0, 0.05) is 25.1 Å². The molecule has 4 atom stereocenters. The number of amides is 1. The van der Waals surface area contributed by atoms with Crippen LogP contribution in [0.4, 0.5) is 0 Å². The number of hydrogen-bond acceptors (Lipinski definition) is 4. The third kappa shape index (κ3) is 3.90. The molecule has 2 bridgehead atoms. The molecule has 3 aliphatic heterocycles. The molecule has 0 spiro atoms. The van der Waals surface area contributed by atoms with Crippen LogP contribution in [-0.4, -0.2) is 47.0 Å². The fraction of sp³-hybridized carbons (Fsp3) is 0.571. The quantitative estimate of drug-likeness (QED) is 0.781. The first-order chi connectivity index (χ1) is 13.1. The number of ether oxygens (including phenoxy) is 1. The molecule has 4 unspecified atom stereocenters.